The molecule has 2 rings (SSSR count). The van der Waals surface area contributed by atoms with Crippen LogP contribution in [0.3, 0.4) is 0 Å². The molecule has 1 aromatic carbocycles. The van der Waals surface area contributed by atoms with Gasteiger partial charge in [-0.25, -0.2) is 4.68 Å². The second-order valence-electron chi connectivity index (χ2n) is 3.67. The van der Waals surface area contributed by atoms with Crippen molar-refractivity contribution >= 4 is 23.9 Å². The summed E-state index contributed by atoms with van der Waals surface area (Å²) in [7, 11) is 0. The number of hydrogen-bond donors (Lipinski definition) is 3. The molecule has 0 aliphatic carbocycles. The molecule has 3 N–H and O–H groups in total. The Bertz CT molecular complexity index is 620. The maximum Gasteiger partial charge on any atom is 0.325 e. The fraction of sp³-hybridized carbons (Fsp3) is 0.200. The quantitative estimate of drug-likeness (QED) is 0.719. The monoisotopic (exact) mass is 265 g/mol. The molecule has 8 heteroatoms. The van der Waals surface area contributed by atoms with Crippen LogP contribution in [-0.4, -0.2) is 37.3 Å². The number of aromatic nitrogens is 4. The van der Waals surface area contributed by atoms with Gasteiger partial charge in [0.1, 0.15) is 6.04 Å². The average Bonchev–Trinajstić information content (AvgIpc) is 2.75. The molecule has 0 aliphatic rings. The highest BCUT2D eigenvalue weighted by Gasteiger charge is 2.10. The fourth-order valence-corrected chi connectivity index (χ4v) is 1.60. The molecule has 1 aromatic heterocycles. The molecule has 0 fully saturated rings. The Morgan fingerprint density at radius 2 is 2.39 bits per heavy atom. The predicted molar refractivity (Wildman–Crippen MR) is 67.3 cm³/mol. The number of carboxylic acid groups (broad SMARTS) is 1. The van der Waals surface area contributed by atoms with Crippen LogP contribution in [-0.2, 0) is 4.79 Å². The average molecular weight is 265 g/mol. The van der Waals surface area contributed by atoms with E-state index in [0.717, 1.165) is 5.69 Å². The highest BCUT2D eigenvalue weighted by molar-refractivity contribution is 7.71. The Labute approximate surface area is 107 Å². The summed E-state index contributed by atoms with van der Waals surface area (Å²) in [5.74, 6) is -0.916. The van der Waals surface area contributed by atoms with Gasteiger partial charge in [0, 0.05) is 5.69 Å². The van der Waals surface area contributed by atoms with E-state index in [1.165, 1.54) is 4.68 Å². The first kappa shape index (κ1) is 12.2. The first-order chi connectivity index (χ1) is 8.58. The number of carbonyl (C=O) groups is 1. The number of carboxylic acids is 1. The number of nitrogens with one attached hydrogen (secondary N) is 2. The topological polar surface area (TPSA) is 95.8 Å². The number of tetrazole rings is 1. The third-order valence-corrected chi connectivity index (χ3v) is 2.59. The molecule has 2 aromatic rings. The van der Waals surface area contributed by atoms with Crippen LogP contribution in [0.25, 0.3) is 5.69 Å². The molecule has 1 atom stereocenters. The van der Waals surface area contributed by atoms with Gasteiger partial charge < -0.3 is 10.4 Å². The SMILES string of the molecule is CC(Nc1cccc(-n2[nH]nnc2=S)c1)C(=O)O. The molecular weight excluding hydrogens is 254 g/mol. The molecular formula is C10H11N5O2S. The van der Waals surface area contributed by atoms with Gasteiger partial charge in [-0.1, -0.05) is 16.4 Å². The Kier molecular flexibility index (Phi) is 3.38. The van der Waals surface area contributed by atoms with Gasteiger partial charge in [-0.05, 0) is 37.3 Å². The lowest BCUT2D eigenvalue weighted by Crippen LogP contribution is -2.25. The van der Waals surface area contributed by atoms with Crippen molar-refractivity contribution < 1.29 is 9.90 Å². The summed E-state index contributed by atoms with van der Waals surface area (Å²) in [5, 5.41) is 21.6. The minimum Gasteiger partial charge on any atom is -0.480 e. The van der Waals surface area contributed by atoms with Gasteiger partial charge in [-0.15, -0.1) is 0 Å². The lowest BCUT2D eigenvalue weighted by molar-refractivity contribution is -0.137. The second kappa shape index (κ2) is 4.96. The van der Waals surface area contributed by atoms with E-state index in [-0.39, 0.29) is 0 Å². The Hall–Kier alpha value is -2.22. The van der Waals surface area contributed by atoms with Crippen molar-refractivity contribution in [2.45, 2.75) is 13.0 Å². The lowest BCUT2D eigenvalue weighted by atomic mass is 10.2. The zero-order valence-electron chi connectivity index (χ0n) is 9.49. The number of aliphatic carboxylic acids is 1. The van der Waals surface area contributed by atoms with Gasteiger partial charge in [0.05, 0.1) is 5.69 Å². The molecule has 0 amide bonds. The minimum absolute atomic E-state index is 0.304. The van der Waals surface area contributed by atoms with Crippen LogP contribution in [0, 0.1) is 4.77 Å². The molecule has 7 nitrogen and oxygen atoms in total. The van der Waals surface area contributed by atoms with E-state index in [1.807, 2.05) is 6.07 Å². The Morgan fingerprint density at radius 1 is 1.61 bits per heavy atom. The molecule has 1 heterocycles. The van der Waals surface area contributed by atoms with Gasteiger partial charge in [0.2, 0.25) is 4.77 Å². The van der Waals surface area contributed by atoms with Crippen molar-refractivity contribution in [1.82, 2.24) is 20.2 Å². The Balaban J connectivity index is 2.29. The van der Waals surface area contributed by atoms with Crippen molar-refractivity contribution in [3.8, 4) is 5.69 Å². The molecule has 0 saturated heterocycles. The van der Waals surface area contributed by atoms with Crippen LogP contribution in [0.15, 0.2) is 24.3 Å². The third-order valence-electron chi connectivity index (χ3n) is 2.33. The molecule has 18 heavy (non-hydrogen) atoms. The van der Waals surface area contributed by atoms with E-state index in [0.29, 0.717) is 10.5 Å². The third kappa shape index (κ3) is 2.54. The van der Waals surface area contributed by atoms with Gasteiger partial charge >= 0.3 is 5.97 Å². The maximum absolute atomic E-state index is 10.8. The Morgan fingerprint density at radius 3 is 3.00 bits per heavy atom. The zero-order chi connectivity index (χ0) is 13.1. The van der Waals surface area contributed by atoms with Crippen molar-refractivity contribution in [3.63, 3.8) is 0 Å². The van der Waals surface area contributed by atoms with Gasteiger partial charge in [0.15, 0.2) is 0 Å². The first-order valence-corrected chi connectivity index (χ1v) is 5.58. The van der Waals surface area contributed by atoms with E-state index in [1.54, 1.807) is 25.1 Å². The molecule has 0 spiro atoms. The molecule has 0 radical (unpaired) electrons. The largest absolute Gasteiger partial charge is 0.480 e. The number of rotatable bonds is 4. The zero-order valence-corrected chi connectivity index (χ0v) is 10.3. The molecule has 0 saturated carbocycles. The number of hydrogen-bond acceptors (Lipinski definition) is 5. The summed E-state index contributed by atoms with van der Waals surface area (Å²) >= 11 is 4.98. The normalized spacial score (nSPS) is 12.1. The molecule has 94 valence electrons. The number of anilines is 1. The van der Waals surface area contributed by atoms with E-state index in [9.17, 15) is 4.79 Å². The summed E-state index contributed by atoms with van der Waals surface area (Å²) in [4.78, 5) is 10.8. The summed E-state index contributed by atoms with van der Waals surface area (Å²) in [5.41, 5.74) is 1.41. The van der Waals surface area contributed by atoms with Crippen LogP contribution in [0.2, 0.25) is 0 Å². The lowest BCUT2D eigenvalue weighted by Gasteiger charge is -2.11. The van der Waals surface area contributed by atoms with Gasteiger partial charge in [-0.2, -0.15) is 5.21 Å². The standard InChI is InChI=1S/C10H11N5O2S/c1-6(9(16)17)11-7-3-2-4-8(5-7)15-10(18)12-13-14-15/h2-6,11H,1H3,(H,16,17)(H,12,14,18). The van der Waals surface area contributed by atoms with Crippen LogP contribution in [0.5, 0.6) is 0 Å². The molecule has 0 aliphatic heterocycles. The van der Waals surface area contributed by atoms with Crippen LogP contribution in [0.1, 0.15) is 6.92 Å². The van der Waals surface area contributed by atoms with Crippen molar-refractivity contribution in [2.24, 2.45) is 0 Å². The highest BCUT2D eigenvalue weighted by atomic mass is 32.1. The van der Waals surface area contributed by atoms with Crippen molar-refractivity contribution in [3.05, 3.63) is 29.0 Å². The van der Waals surface area contributed by atoms with Gasteiger partial charge in [0.25, 0.3) is 0 Å². The van der Waals surface area contributed by atoms with Crippen LogP contribution >= 0.6 is 12.2 Å². The summed E-state index contributed by atoms with van der Waals surface area (Å²) in [6.07, 6.45) is 0. The van der Waals surface area contributed by atoms with Crippen LogP contribution in [0.4, 0.5) is 5.69 Å². The fourth-order valence-electron chi connectivity index (χ4n) is 1.41. The number of nitrogens with zero attached hydrogens (tertiary/aromatic N) is 3. The summed E-state index contributed by atoms with van der Waals surface area (Å²) < 4.78 is 1.82. The van der Waals surface area contributed by atoms with E-state index < -0.39 is 12.0 Å². The van der Waals surface area contributed by atoms with E-state index in [4.69, 9.17) is 17.3 Å². The van der Waals surface area contributed by atoms with Crippen molar-refractivity contribution in [2.75, 3.05) is 5.32 Å². The minimum atomic E-state index is -0.916. The van der Waals surface area contributed by atoms with Crippen LogP contribution < -0.4 is 5.32 Å². The summed E-state index contributed by atoms with van der Waals surface area (Å²) in [6.45, 7) is 1.57. The molecule has 1 unspecified atom stereocenters. The first-order valence-electron chi connectivity index (χ1n) is 5.18. The maximum atomic E-state index is 10.8. The number of H-pyrrole nitrogens is 1. The van der Waals surface area contributed by atoms with Crippen molar-refractivity contribution in [1.29, 1.82) is 0 Å². The summed E-state index contributed by atoms with van der Waals surface area (Å²) in [6, 6.07) is 6.46. The second-order valence-corrected chi connectivity index (χ2v) is 4.04. The van der Waals surface area contributed by atoms with E-state index >= 15 is 0 Å². The number of aromatic amines is 1. The molecule has 0 bridgehead atoms. The highest BCUT2D eigenvalue weighted by Crippen LogP contribution is 2.14. The predicted octanol–water partition coefficient (Wildman–Crippen LogP) is 1.21. The number of benzene rings is 1. The smallest absolute Gasteiger partial charge is 0.325 e. The van der Waals surface area contributed by atoms with E-state index in [2.05, 4.69) is 20.8 Å². The van der Waals surface area contributed by atoms with Gasteiger partial charge in [-0.3, -0.25) is 4.79 Å².